The molecule has 1 fully saturated rings. The van der Waals surface area contributed by atoms with Crippen LogP contribution in [-0.4, -0.2) is 5.78 Å². The Morgan fingerprint density at radius 2 is 1.96 bits per heavy atom. The fourth-order valence-electron chi connectivity index (χ4n) is 2.33. The summed E-state index contributed by atoms with van der Waals surface area (Å²) >= 11 is 0. The van der Waals surface area contributed by atoms with Gasteiger partial charge in [0.2, 0.25) is 0 Å². The van der Waals surface area contributed by atoms with E-state index in [1.807, 2.05) is 24.3 Å². The van der Waals surface area contributed by atoms with E-state index in [4.69, 9.17) is 9.15 Å². The first-order valence-corrected chi connectivity index (χ1v) is 8.15. The van der Waals surface area contributed by atoms with Crippen LogP contribution < -0.4 is 4.74 Å². The fourth-order valence-corrected chi connectivity index (χ4v) is 2.33. The number of furan rings is 1. The van der Waals surface area contributed by atoms with E-state index in [1.54, 1.807) is 12.2 Å². The van der Waals surface area contributed by atoms with Gasteiger partial charge in [0, 0.05) is 5.92 Å². The molecule has 0 N–H and O–H groups in total. The zero-order chi connectivity index (χ0) is 16.2. The molecule has 1 aliphatic rings. The normalized spacial score (nSPS) is 14.6. The smallest absolute Gasteiger partial charge is 0.158 e. The Labute approximate surface area is 137 Å². The van der Waals surface area contributed by atoms with Crippen molar-refractivity contribution in [3.63, 3.8) is 0 Å². The van der Waals surface area contributed by atoms with Gasteiger partial charge in [0.25, 0.3) is 0 Å². The summed E-state index contributed by atoms with van der Waals surface area (Å²) in [5.74, 6) is 3.22. The maximum Gasteiger partial charge on any atom is 0.158 e. The van der Waals surface area contributed by atoms with Crippen LogP contribution in [0.15, 0.2) is 46.9 Å². The highest BCUT2D eigenvalue weighted by molar-refractivity contribution is 5.96. The van der Waals surface area contributed by atoms with Gasteiger partial charge in [0.1, 0.15) is 23.9 Å². The third-order valence-corrected chi connectivity index (χ3v) is 4.00. The van der Waals surface area contributed by atoms with Gasteiger partial charge in [-0.3, -0.25) is 4.79 Å². The highest BCUT2D eigenvalue weighted by atomic mass is 16.5. The average molecular weight is 310 g/mol. The molecule has 1 aliphatic carbocycles. The van der Waals surface area contributed by atoms with Gasteiger partial charge < -0.3 is 9.15 Å². The summed E-state index contributed by atoms with van der Waals surface area (Å²) in [6.45, 7) is 4.72. The minimum atomic E-state index is 0.199. The standard InChI is InChI=1S/C20H22O3/c1-14(2)15-5-7-17(8-6-15)22-13-19-10-9-18(23-19)11-12-20(21)16-3-4-16/h5-12,14,16H,3-4,13H2,1-2H3/b12-11+. The van der Waals surface area contributed by atoms with Crippen LogP contribution in [0.5, 0.6) is 5.75 Å². The third-order valence-electron chi connectivity index (χ3n) is 4.00. The molecule has 1 saturated carbocycles. The van der Waals surface area contributed by atoms with Crippen molar-refractivity contribution in [3.05, 3.63) is 59.6 Å². The lowest BCUT2D eigenvalue weighted by atomic mass is 10.0. The molecule has 120 valence electrons. The van der Waals surface area contributed by atoms with E-state index in [0.717, 1.165) is 24.4 Å². The Balaban J connectivity index is 1.53. The van der Waals surface area contributed by atoms with Crippen LogP contribution in [0.4, 0.5) is 0 Å². The first-order chi connectivity index (χ1) is 11.1. The lowest BCUT2D eigenvalue weighted by molar-refractivity contribution is -0.115. The number of hydrogen-bond donors (Lipinski definition) is 0. The summed E-state index contributed by atoms with van der Waals surface area (Å²) in [7, 11) is 0. The Bertz CT molecular complexity index is 688. The van der Waals surface area contributed by atoms with Crippen molar-refractivity contribution in [1.82, 2.24) is 0 Å². The monoisotopic (exact) mass is 310 g/mol. The van der Waals surface area contributed by atoms with Crippen molar-refractivity contribution in [2.75, 3.05) is 0 Å². The Kier molecular flexibility index (Phi) is 4.65. The third kappa shape index (κ3) is 4.35. The maximum absolute atomic E-state index is 11.6. The first-order valence-electron chi connectivity index (χ1n) is 8.15. The molecule has 0 saturated heterocycles. The van der Waals surface area contributed by atoms with Gasteiger partial charge in [0.05, 0.1) is 0 Å². The summed E-state index contributed by atoms with van der Waals surface area (Å²) in [5.41, 5.74) is 1.29. The van der Waals surface area contributed by atoms with Gasteiger partial charge in [-0.15, -0.1) is 0 Å². The first kappa shape index (κ1) is 15.6. The molecule has 0 spiro atoms. The molecule has 1 aromatic heterocycles. The second-order valence-corrected chi connectivity index (χ2v) is 6.33. The van der Waals surface area contributed by atoms with Crippen LogP contribution in [0.25, 0.3) is 6.08 Å². The van der Waals surface area contributed by atoms with E-state index in [1.165, 1.54) is 5.56 Å². The Morgan fingerprint density at radius 3 is 2.61 bits per heavy atom. The summed E-state index contributed by atoms with van der Waals surface area (Å²) in [6, 6.07) is 11.9. The second-order valence-electron chi connectivity index (χ2n) is 6.33. The molecule has 0 atom stereocenters. The van der Waals surface area contributed by atoms with Crippen LogP contribution in [0.1, 0.15) is 49.7 Å². The predicted octanol–water partition coefficient (Wildman–Crippen LogP) is 4.97. The number of benzene rings is 1. The summed E-state index contributed by atoms with van der Waals surface area (Å²) in [5, 5.41) is 0. The van der Waals surface area contributed by atoms with Gasteiger partial charge in [0.15, 0.2) is 5.78 Å². The lowest BCUT2D eigenvalue weighted by Gasteiger charge is -2.07. The van der Waals surface area contributed by atoms with Gasteiger partial charge in [-0.05, 0) is 60.7 Å². The van der Waals surface area contributed by atoms with E-state index < -0.39 is 0 Å². The lowest BCUT2D eigenvalue weighted by Crippen LogP contribution is -1.94. The summed E-state index contributed by atoms with van der Waals surface area (Å²) in [4.78, 5) is 11.6. The minimum absolute atomic E-state index is 0.199. The quantitative estimate of drug-likeness (QED) is 0.677. The highest BCUT2D eigenvalue weighted by Gasteiger charge is 2.27. The predicted molar refractivity (Wildman–Crippen MR) is 90.3 cm³/mol. The van der Waals surface area contributed by atoms with Crippen molar-refractivity contribution in [1.29, 1.82) is 0 Å². The van der Waals surface area contributed by atoms with Crippen molar-refractivity contribution < 1.29 is 13.9 Å². The number of ketones is 1. The fraction of sp³-hybridized carbons (Fsp3) is 0.350. The van der Waals surface area contributed by atoms with Gasteiger partial charge >= 0.3 is 0 Å². The molecule has 0 amide bonds. The molecule has 3 rings (SSSR count). The molecule has 1 aromatic carbocycles. The second kappa shape index (κ2) is 6.86. The van der Waals surface area contributed by atoms with Crippen LogP contribution in [0.3, 0.4) is 0 Å². The molecule has 0 bridgehead atoms. The number of allylic oxidation sites excluding steroid dienone is 1. The largest absolute Gasteiger partial charge is 0.486 e. The van der Waals surface area contributed by atoms with E-state index in [-0.39, 0.29) is 11.7 Å². The molecule has 1 heterocycles. The summed E-state index contributed by atoms with van der Waals surface area (Å²) in [6.07, 6.45) is 5.40. The van der Waals surface area contributed by atoms with Gasteiger partial charge in [-0.25, -0.2) is 0 Å². The minimum Gasteiger partial charge on any atom is -0.486 e. The Hall–Kier alpha value is -2.29. The molecule has 23 heavy (non-hydrogen) atoms. The van der Waals surface area contributed by atoms with Crippen molar-refractivity contribution in [3.8, 4) is 5.75 Å². The summed E-state index contributed by atoms with van der Waals surface area (Å²) < 4.78 is 11.4. The molecule has 2 aromatic rings. The maximum atomic E-state index is 11.6. The highest BCUT2D eigenvalue weighted by Crippen LogP contribution is 2.30. The average Bonchev–Trinajstić information content (AvgIpc) is 3.31. The van der Waals surface area contributed by atoms with Crippen LogP contribution in [-0.2, 0) is 11.4 Å². The number of ether oxygens (including phenoxy) is 1. The molecule has 3 nitrogen and oxygen atoms in total. The number of rotatable bonds is 7. The number of hydrogen-bond acceptors (Lipinski definition) is 3. The Morgan fingerprint density at radius 1 is 1.22 bits per heavy atom. The SMILES string of the molecule is CC(C)c1ccc(OCc2ccc(/C=C/C(=O)C3CC3)o2)cc1. The van der Waals surface area contributed by atoms with Crippen molar-refractivity contribution in [2.24, 2.45) is 5.92 Å². The molecule has 0 aliphatic heterocycles. The molecule has 0 unspecified atom stereocenters. The van der Waals surface area contributed by atoms with Gasteiger partial charge in [-0.1, -0.05) is 26.0 Å². The van der Waals surface area contributed by atoms with E-state index in [9.17, 15) is 4.79 Å². The zero-order valence-corrected chi connectivity index (χ0v) is 13.6. The van der Waals surface area contributed by atoms with Gasteiger partial charge in [-0.2, -0.15) is 0 Å². The number of carbonyl (C=O) groups excluding carboxylic acids is 1. The molecular formula is C20H22O3. The molecular weight excluding hydrogens is 288 g/mol. The van der Waals surface area contributed by atoms with Crippen molar-refractivity contribution in [2.45, 2.75) is 39.2 Å². The van der Waals surface area contributed by atoms with E-state index in [0.29, 0.717) is 18.3 Å². The van der Waals surface area contributed by atoms with Crippen molar-refractivity contribution >= 4 is 11.9 Å². The van der Waals surface area contributed by atoms with Crippen LogP contribution >= 0.6 is 0 Å². The molecule has 0 radical (unpaired) electrons. The van der Waals surface area contributed by atoms with Crippen LogP contribution in [0, 0.1) is 5.92 Å². The molecule has 3 heteroatoms. The topological polar surface area (TPSA) is 39.4 Å². The zero-order valence-electron chi connectivity index (χ0n) is 13.6. The number of carbonyl (C=O) groups is 1. The van der Waals surface area contributed by atoms with Crippen LogP contribution in [0.2, 0.25) is 0 Å². The van der Waals surface area contributed by atoms with E-state index >= 15 is 0 Å². The van der Waals surface area contributed by atoms with E-state index in [2.05, 4.69) is 26.0 Å².